The van der Waals surface area contributed by atoms with Crippen LogP contribution < -0.4 is 5.32 Å². The topological polar surface area (TPSA) is 52.9 Å². The molecule has 2 rings (SSSR count). The Kier molecular flexibility index (Phi) is 4.15. The van der Waals surface area contributed by atoms with E-state index < -0.39 is 0 Å². The Balaban J connectivity index is 2.10. The molecule has 1 aliphatic carbocycles. The molecule has 1 fully saturated rings. The third kappa shape index (κ3) is 4.11. The standard InChI is InChI=1S/C16H16N2O/c1-12(9-13-5-3-2-4-6-13)10-14(11-17)16(19)18-15-7-8-15/h2-6,9-10,15H,7-8H2,1H3,(H,18,19)/b12-9-,14-10-. The molecule has 0 bridgehead atoms. The van der Waals surface area contributed by atoms with Crippen LogP contribution in [0.3, 0.4) is 0 Å². The van der Waals surface area contributed by atoms with Crippen LogP contribution >= 0.6 is 0 Å². The summed E-state index contributed by atoms with van der Waals surface area (Å²) in [6.45, 7) is 1.88. The zero-order valence-corrected chi connectivity index (χ0v) is 10.9. The summed E-state index contributed by atoms with van der Waals surface area (Å²) in [6.07, 6.45) is 5.61. The fourth-order valence-corrected chi connectivity index (χ4v) is 1.72. The molecule has 19 heavy (non-hydrogen) atoms. The molecule has 0 saturated heterocycles. The van der Waals surface area contributed by atoms with Crippen molar-refractivity contribution in [1.82, 2.24) is 5.32 Å². The van der Waals surface area contributed by atoms with Crippen molar-refractivity contribution in [3.05, 3.63) is 53.1 Å². The Morgan fingerprint density at radius 3 is 2.63 bits per heavy atom. The van der Waals surface area contributed by atoms with Crippen LogP contribution in [-0.4, -0.2) is 11.9 Å². The SMILES string of the molecule is CC(=C/c1ccccc1)/C=C(/C#N)C(=O)NC1CC1. The Hall–Kier alpha value is -2.34. The van der Waals surface area contributed by atoms with E-state index in [2.05, 4.69) is 5.32 Å². The number of nitrogens with one attached hydrogen (secondary N) is 1. The number of carbonyl (C=O) groups excluding carboxylic acids is 1. The van der Waals surface area contributed by atoms with Gasteiger partial charge in [-0.3, -0.25) is 4.79 Å². The number of hydrogen-bond donors (Lipinski definition) is 1. The van der Waals surface area contributed by atoms with Gasteiger partial charge < -0.3 is 5.32 Å². The molecular weight excluding hydrogens is 236 g/mol. The highest BCUT2D eigenvalue weighted by Gasteiger charge is 2.24. The summed E-state index contributed by atoms with van der Waals surface area (Å²) in [7, 11) is 0. The van der Waals surface area contributed by atoms with Gasteiger partial charge in [0.25, 0.3) is 5.91 Å². The number of allylic oxidation sites excluding steroid dienone is 2. The number of amides is 1. The first kappa shape index (κ1) is 13.1. The Labute approximate surface area is 113 Å². The second kappa shape index (κ2) is 6.01. The predicted octanol–water partition coefficient (Wildman–Crippen LogP) is 2.82. The molecule has 0 aromatic heterocycles. The van der Waals surface area contributed by atoms with Gasteiger partial charge in [0.15, 0.2) is 0 Å². The highest BCUT2D eigenvalue weighted by Crippen LogP contribution is 2.19. The van der Waals surface area contributed by atoms with E-state index in [4.69, 9.17) is 5.26 Å². The Morgan fingerprint density at radius 1 is 1.37 bits per heavy atom. The second-order valence-electron chi connectivity index (χ2n) is 4.72. The van der Waals surface area contributed by atoms with E-state index in [0.717, 1.165) is 24.0 Å². The third-order valence-corrected chi connectivity index (χ3v) is 2.84. The molecule has 1 N–H and O–H groups in total. The van der Waals surface area contributed by atoms with E-state index >= 15 is 0 Å². The number of rotatable bonds is 4. The lowest BCUT2D eigenvalue weighted by molar-refractivity contribution is -0.117. The van der Waals surface area contributed by atoms with Crippen LogP contribution in [0.15, 0.2) is 47.6 Å². The molecule has 0 atom stereocenters. The van der Waals surface area contributed by atoms with Gasteiger partial charge in [-0.15, -0.1) is 0 Å². The molecule has 0 heterocycles. The lowest BCUT2D eigenvalue weighted by atomic mass is 10.1. The first-order valence-corrected chi connectivity index (χ1v) is 6.35. The minimum Gasteiger partial charge on any atom is -0.349 e. The van der Waals surface area contributed by atoms with Crippen LogP contribution in [0.2, 0.25) is 0 Å². The van der Waals surface area contributed by atoms with Gasteiger partial charge in [-0.1, -0.05) is 36.4 Å². The Morgan fingerprint density at radius 2 is 2.05 bits per heavy atom. The van der Waals surface area contributed by atoms with Crippen LogP contribution in [0.4, 0.5) is 0 Å². The molecule has 96 valence electrons. The third-order valence-electron chi connectivity index (χ3n) is 2.84. The van der Waals surface area contributed by atoms with Gasteiger partial charge in [-0.2, -0.15) is 5.26 Å². The summed E-state index contributed by atoms with van der Waals surface area (Å²) in [6, 6.07) is 12.0. The van der Waals surface area contributed by atoms with Crippen molar-refractivity contribution in [3.8, 4) is 6.07 Å². The molecule has 1 aromatic carbocycles. The van der Waals surface area contributed by atoms with Crippen molar-refractivity contribution in [3.63, 3.8) is 0 Å². The van der Waals surface area contributed by atoms with Gasteiger partial charge in [0.2, 0.25) is 0 Å². The first-order chi connectivity index (χ1) is 9.19. The number of nitrogens with zero attached hydrogens (tertiary/aromatic N) is 1. The van der Waals surface area contributed by atoms with Crippen LogP contribution in [0.25, 0.3) is 6.08 Å². The molecule has 0 unspecified atom stereocenters. The van der Waals surface area contributed by atoms with Gasteiger partial charge in [-0.25, -0.2) is 0 Å². The van der Waals surface area contributed by atoms with E-state index in [-0.39, 0.29) is 17.5 Å². The maximum Gasteiger partial charge on any atom is 0.262 e. The van der Waals surface area contributed by atoms with E-state index in [0.29, 0.717) is 0 Å². The number of carbonyl (C=O) groups is 1. The monoisotopic (exact) mass is 252 g/mol. The smallest absolute Gasteiger partial charge is 0.262 e. The van der Waals surface area contributed by atoms with Gasteiger partial charge in [-0.05, 0) is 37.0 Å². The van der Waals surface area contributed by atoms with Crippen molar-refractivity contribution < 1.29 is 4.79 Å². The summed E-state index contributed by atoms with van der Waals surface area (Å²) in [5.41, 5.74) is 2.10. The predicted molar refractivity (Wildman–Crippen MR) is 75.0 cm³/mol. The van der Waals surface area contributed by atoms with Crippen LogP contribution in [0.5, 0.6) is 0 Å². The molecule has 1 aromatic rings. The fourth-order valence-electron chi connectivity index (χ4n) is 1.72. The molecule has 3 heteroatoms. The van der Waals surface area contributed by atoms with Crippen molar-refractivity contribution >= 4 is 12.0 Å². The van der Waals surface area contributed by atoms with Crippen LogP contribution in [0, 0.1) is 11.3 Å². The number of hydrogen-bond acceptors (Lipinski definition) is 2. The van der Waals surface area contributed by atoms with Crippen LogP contribution in [0.1, 0.15) is 25.3 Å². The molecule has 0 radical (unpaired) electrons. The average molecular weight is 252 g/mol. The zero-order chi connectivity index (χ0) is 13.7. The maximum atomic E-state index is 11.8. The number of nitriles is 1. The molecule has 1 aliphatic rings. The van der Waals surface area contributed by atoms with Gasteiger partial charge in [0, 0.05) is 6.04 Å². The molecule has 0 spiro atoms. The lowest BCUT2D eigenvalue weighted by Crippen LogP contribution is -2.26. The van der Waals surface area contributed by atoms with E-state index in [9.17, 15) is 4.79 Å². The van der Waals surface area contributed by atoms with Gasteiger partial charge >= 0.3 is 0 Å². The van der Waals surface area contributed by atoms with E-state index in [1.165, 1.54) is 0 Å². The van der Waals surface area contributed by atoms with Crippen molar-refractivity contribution in [1.29, 1.82) is 5.26 Å². The van der Waals surface area contributed by atoms with Crippen molar-refractivity contribution in [2.45, 2.75) is 25.8 Å². The van der Waals surface area contributed by atoms with E-state index in [1.54, 1.807) is 6.08 Å². The minimum atomic E-state index is -0.272. The van der Waals surface area contributed by atoms with E-state index in [1.807, 2.05) is 49.4 Å². The van der Waals surface area contributed by atoms with Gasteiger partial charge in [0.05, 0.1) is 0 Å². The van der Waals surface area contributed by atoms with Crippen molar-refractivity contribution in [2.24, 2.45) is 0 Å². The van der Waals surface area contributed by atoms with Crippen molar-refractivity contribution in [2.75, 3.05) is 0 Å². The minimum absolute atomic E-state index is 0.164. The first-order valence-electron chi connectivity index (χ1n) is 6.35. The molecule has 3 nitrogen and oxygen atoms in total. The average Bonchev–Trinajstić information content (AvgIpc) is 3.21. The molecule has 1 saturated carbocycles. The maximum absolute atomic E-state index is 11.8. The lowest BCUT2D eigenvalue weighted by Gasteiger charge is -2.01. The largest absolute Gasteiger partial charge is 0.349 e. The highest BCUT2D eigenvalue weighted by atomic mass is 16.1. The summed E-state index contributed by atoms with van der Waals surface area (Å²) >= 11 is 0. The zero-order valence-electron chi connectivity index (χ0n) is 10.9. The highest BCUT2D eigenvalue weighted by molar-refractivity contribution is 5.98. The summed E-state index contributed by atoms with van der Waals surface area (Å²) < 4.78 is 0. The second-order valence-corrected chi connectivity index (χ2v) is 4.72. The molecular formula is C16H16N2O. The summed E-state index contributed by atoms with van der Waals surface area (Å²) in [4.78, 5) is 11.8. The molecule has 0 aliphatic heterocycles. The van der Waals surface area contributed by atoms with Crippen LogP contribution in [-0.2, 0) is 4.79 Å². The summed E-state index contributed by atoms with van der Waals surface area (Å²) in [5.74, 6) is -0.272. The normalized spacial score (nSPS) is 15.8. The van der Waals surface area contributed by atoms with Gasteiger partial charge in [0.1, 0.15) is 11.6 Å². The fraction of sp³-hybridized carbons (Fsp3) is 0.250. The summed E-state index contributed by atoms with van der Waals surface area (Å²) in [5, 5.41) is 11.9. The Bertz CT molecular complexity index is 560. The molecule has 1 amide bonds. The quantitative estimate of drug-likeness (QED) is 0.509. The number of benzene rings is 1.